The van der Waals surface area contributed by atoms with E-state index in [2.05, 4.69) is 0 Å². The molecule has 6 heteroatoms. The van der Waals surface area contributed by atoms with Crippen molar-refractivity contribution < 1.29 is 14.8 Å². The molecule has 0 saturated carbocycles. The van der Waals surface area contributed by atoms with E-state index in [1.54, 1.807) is 26.0 Å². The largest absolute Gasteiger partial charge is 0.480 e. The summed E-state index contributed by atoms with van der Waals surface area (Å²) in [5.74, 6) is -0.902. The Balaban J connectivity index is 2.96. The number of carboxylic acids is 1. The lowest BCUT2D eigenvalue weighted by atomic mass is 10.2. The third kappa shape index (κ3) is 3.45. The van der Waals surface area contributed by atoms with Gasteiger partial charge in [-0.2, -0.15) is 0 Å². The molecule has 0 heterocycles. The number of nitrogens with zero attached hydrogens (tertiary/aromatic N) is 1. The third-order valence-electron chi connectivity index (χ3n) is 2.30. The van der Waals surface area contributed by atoms with Gasteiger partial charge >= 0.3 is 5.97 Å². The van der Waals surface area contributed by atoms with Crippen molar-refractivity contribution in [3.8, 4) is 0 Å². The number of nitro groups is 1. The first-order valence-electron chi connectivity index (χ1n) is 5.10. The van der Waals surface area contributed by atoms with Crippen LogP contribution in [0.15, 0.2) is 23.1 Å². The normalized spacial score (nSPS) is 12.1. The van der Waals surface area contributed by atoms with Gasteiger partial charge in [-0.1, -0.05) is 13.0 Å². The fourth-order valence-corrected chi connectivity index (χ4v) is 2.25. The zero-order valence-electron chi connectivity index (χ0n) is 9.54. The van der Waals surface area contributed by atoms with Crippen molar-refractivity contribution in [2.75, 3.05) is 0 Å². The number of aliphatic carboxylic acids is 1. The van der Waals surface area contributed by atoms with Gasteiger partial charge < -0.3 is 5.11 Å². The SMILES string of the molecule is CCC(Sc1ccc(C)c([N+](=O)[O-])c1)C(=O)O. The van der Waals surface area contributed by atoms with Crippen LogP contribution in [0.4, 0.5) is 5.69 Å². The Morgan fingerprint density at radius 2 is 2.24 bits per heavy atom. The minimum absolute atomic E-state index is 0.0234. The van der Waals surface area contributed by atoms with E-state index < -0.39 is 16.1 Å². The zero-order valence-corrected chi connectivity index (χ0v) is 10.4. The quantitative estimate of drug-likeness (QED) is 0.497. The average molecular weight is 255 g/mol. The monoisotopic (exact) mass is 255 g/mol. The molecule has 0 aliphatic heterocycles. The predicted molar refractivity (Wildman–Crippen MR) is 65.4 cm³/mol. The number of benzene rings is 1. The standard InChI is InChI=1S/C11H13NO4S/c1-3-10(11(13)14)17-8-5-4-7(2)9(6-8)12(15)16/h4-6,10H,3H2,1-2H3,(H,13,14). The number of carbonyl (C=O) groups is 1. The van der Waals surface area contributed by atoms with Crippen LogP contribution in [0.5, 0.6) is 0 Å². The van der Waals surface area contributed by atoms with Crippen LogP contribution in [0.2, 0.25) is 0 Å². The summed E-state index contributed by atoms with van der Waals surface area (Å²) in [6, 6.07) is 4.76. The van der Waals surface area contributed by atoms with Crippen LogP contribution >= 0.6 is 11.8 Å². The van der Waals surface area contributed by atoms with Crippen molar-refractivity contribution in [2.24, 2.45) is 0 Å². The number of hydrogen-bond donors (Lipinski definition) is 1. The van der Waals surface area contributed by atoms with Crippen LogP contribution in [0.1, 0.15) is 18.9 Å². The minimum Gasteiger partial charge on any atom is -0.480 e. The molecule has 0 aliphatic carbocycles. The van der Waals surface area contributed by atoms with Crippen molar-refractivity contribution in [3.05, 3.63) is 33.9 Å². The molecular weight excluding hydrogens is 242 g/mol. The fourth-order valence-electron chi connectivity index (χ4n) is 1.33. The molecule has 0 aromatic heterocycles. The summed E-state index contributed by atoms with van der Waals surface area (Å²) in [5.41, 5.74) is 0.595. The first kappa shape index (κ1) is 13.5. The Hall–Kier alpha value is -1.56. The second kappa shape index (κ2) is 5.67. The van der Waals surface area contributed by atoms with Crippen LogP contribution in [0.3, 0.4) is 0 Å². The molecule has 0 amide bonds. The fraction of sp³-hybridized carbons (Fsp3) is 0.364. The molecule has 0 spiro atoms. The Bertz CT molecular complexity index is 447. The van der Waals surface area contributed by atoms with E-state index in [9.17, 15) is 14.9 Å². The van der Waals surface area contributed by atoms with Crippen LogP contribution in [0, 0.1) is 17.0 Å². The van der Waals surface area contributed by atoms with Gasteiger partial charge in [-0.3, -0.25) is 14.9 Å². The Morgan fingerprint density at radius 3 is 2.71 bits per heavy atom. The molecular formula is C11H13NO4S. The van der Waals surface area contributed by atoms with Gasteiger partial charge in [-0.05, 0) is 19.4 Å². The van der Waals surface area contributed by atoms with E-state index in [1.807, 2.05) is 0 Å². The lowest BCUT2D eigenvalue weighted by Gasteiger charge is -2.09. The number of aryl methyl sites for hydroxylation is 1. The Kier molecular flexibility index (Phi) is 4.51. The van der Waals surface area contributed by atoms with Crippen LogP contribution in [-0.2, 0) is 4.79 Å². The molecule has 0 bridgehead atoms. The van der Waals surface area contributed by atoms with Crippen molar-refractivity contribution in [3.63, 3.8) is 0 Å². The summed E-state index contributed by atoms with van der Waals surface area (Å²) in [7, 11) is 0. The molecule has 1 N–H and O–H groups in total. The maximum atomic E-state index is 10.9. The molecule has 0 fully saturated rings. The lowest BCUT2D eigenvalue weighted by Crippen LogP contribution is -2.14. The van der Waals surface area contributed by atoms with Gasteiger partial charge in [0.2, 0.25) is 0 Å². The summed E-state index contributed by atoms with van der Waals surface area (Å²) in [4.78, 5) is 21.8. The molecule has 0 saturated heterocycles. The maximum Gasteiger partial charge on any atom is 0.316 e. The van der Waals surface area contributed by atoms with E-state index in [0.29, 0.717) is 16.9 Å². The number of carboxylic acid groups (broad SMARTS) is 1. The number of thioether (sulfide) groups is 1. The van der Waals surface area contributed by atoms with Crippen LogP contribution < -0.4 is 0 Å². The van der Waals surface area contributed by atoms with Gasteiger partial charge in [0.1, 0.15) is 5.25 Å². The summed E-state index contributed by atoms with van der Waals surface area (Å²) in [6.45, 7) is 3.43. The summed E-state index contributed by atoms with van der Waals surface area (Å²) in [6.07, 6.45) is 0.474. The van der Waals surface area contributed by atoms with Crippen LogP contribution in [-0.4, -0.2) is 21.2 Å². The van der Waals surface area contributed by atoms with Gasteiger partial charge in [0, 0.05) is 16.5 Å². The maximum absolute atomic E-state index is 10.9. The van der Waals surface area contributed by atoms with Crippen molar-refractivity contribution in [1.29, 1.82) is 0 Å². The van der Waals surface area contributed by atoms with Crippen LogP contribution in [0.25, 0.3) is 0 Å². The first-order valence-corrected chi connectivity index (χ1v) is 5.98. The number of rotatable bonds is 5. The Labute approximate surface area is 103 Å². The van der Waals surface area contributed by atoms with E-state index in [4.69, 9.17) is 5.11 Å². The van der Waals surface area contributed by atoms with Crippen molar-refractivity contribution in [2.45, 2.75) is 30.4 Å². The van der Waals surface area contributed by atoms with E-state index in [0.717, 1.165) is 11.8 Å². The van der Waals surface area contributed by atoms with Gasteiger partial charge in [-0.25, -0.2) is 0 Å². The number of nitro benzene ring substituents is 1. The summed E-state index contributed by atoms with van der Waals surface area (Å²) in [5, 5.41) is 19.1. The average Bonchev–Trinajstić information content (AvgIpc) is 2.27. The molecule has 0 radical (unpaired) electrons. The molecule has 1 aromatic rings. The van der Waals surface area contributed by atoms with Crippen molar-refractivity contribution >= 4 is 23.4 Å². The topological polar surface area (TPSA) is 80.4 Å². The molecule has 1 aromatic carbocycles. The summed E-state index contributed by atoms with van der Waals surface area (Å²) >= 11 is 1.13. The highest BCUT2D eigenvalue weighted by Gasteiger charge is 2.18. The van der Waals surface area contributed by atoms with E-state index in [-0.39, 0.29) is 5.69 Å². The minimum atomic E-state index is -0.902. The molecule has 92 valence electrons. The molecule has 17 heavy (non-hydrogen) atoms. The molecule has 1 unspecified atom stereocenters. The highest BCUT2D eigenvalue weighted by molar-refractivity contribution is 8.00. The molecule has 5 nitrogen and oxygen atoms in total. The lowest BCUT2D eigenvalue weighted by molar-refractivity contribution is -0.385. The highest BCUT2D eigenvalue weighted by atomic mass is 32.2. The first-order chi connectivity index (χ1) is 7.95. The molecule has 1 atom stereocenters. The van der Waals surface area contributed by atoms with Gasteiger partial charge in [-0.15, -0.1) is 11.8 Å². The second-order valence-electron chi connectivity index (χ2n) is 3.56. The van der Waals surface area contributed by atoms with Crippen molar-refractivity contribution in [1.82, 2.24) is 0 Å². The van der Waals surface area contributed by atoms with Gasteiger partial charge in [0.25, 0.3) is 5.69 Å². The molecule has 0 aliphatic rings. The Morgan fingerprint density at radius 1 is 1.59 bits per heavy atom. The van der Waals surface area contributed by atoms with E-state index >= 15 is 0 Å². The second-order valence-corrected chi connectivity index (χ2v) is 4.83. The highest BCUT2D eigenvalue weighted by Crippen LogP contribution is 2.30. The van der Waals surface area contributed by atoms with E-state index in [1.165, 1.54) is 6.07 Å². The zero-order chi connectivity index (χ0) is 13.0. The van der Waals surface area contributed by atoms with Gasteiger partial charge in [0.05, 0.1) is 4.92 Å². The summed E-state index contributed by atoms with van der Waals surface area (Å²) < 4.78 is 0. The smallest absolute Gasteiger partial charge is 0.316 e. The number of hydrogen-bond acceptors (Lipinski definition) is 4. The predicted octanol–water partition coefficient (Wildman–Crippen LogP) is 2.86. The molecule has 1 rings (SSSR count). The third-order valence-corrected chi connectivity index (χ3v) is 3.65. The van der Waals surface area contributed by atoms with Gasteiger partial charge in [0.15, 0.2) is 0 Å².